The molecule has 0 saturated carbocycles. The third-order valence-electron chi connectivity index (χ3n) is 2.50. The van der Waals surface area contributed by atoms with Gasteiger partial charge in [0, 0.05) is 11.9 Å². The van der Waals surface area contributed by atoms with Crippen molar-refractivity contribution in [2.24, 2.45) is 5.73 Å². The third-order valence-corrected chi connectivity index (χ3v) is 2.50. The van der Waals surface area contributed by atoms with E-state index in [1.54, 1.807) is 0 Å². The van der Waals surface area contributed by atoms with E-state index < -0.39 is 0 Å². The second-order valence-electron chi connectivity index (χ2n) is 3.67. The van der Waals surface area contributed by atoms with Crippen LogP contribution in [0.15, 0.2) is 18.3 Å². The van der Waals surface area contributed by atoms with E-state index in [4.69, 9.17) is 5.73 Å². The molecule has 0 aromatic carbocycles. The summed E-state index contributed by atoms with van der Waals surface area (Å²) in [6.07, 6.45) is 3.82. The highest BCUT2D eigenvalue weighted by Gasteiger charge is 2.11. The zero-order valence-corrected chi connectivity index (χ0v) is 9.36. The molecule has 0 aliphatic rings. The molecule has 1 rings (SSSR count). The van der Waals surface area contributed by atoms with Gasteiger partial charge in [0.2, 0.25) is 0 Å². The van der Waals surface area contributed by atoms with Crippen LogP contribution in [0.1, 0.15) is 31.5 Å². The lowest BCUT2D eigenvalue weighted by atomic mass is 10.1. The van der Waals surface area contributed by atoms with Gasteiger partial charge >= 0.3 is 0 Å². The summed E-state index contributed by atoms with van der Waals surface area (Å²) in [5, 5.41) is 0. The van der Waals surface area contributed by atoms with E-state index in [1.165, 1.54) is 5.56 Å². The number of nitrogens with two attached hydrogens (primary N) is 1. The number of hydrogen-bond acceptors (Lipinski definition) is 3. The first kappa shape index (κ1) is 11.9. The lowest BCUT2D eigenvalue weighted by Crippen LogP contribution is -2.31. The van der Waals surface area contributed by atoms with Gasteiger partial charge in [-0.1, -0.05) is 19.9 Å². The van der Waals surface area contributed by atoms with E-state index in [9.17, 15) is 4.79 Å². The first-order valence-corrected chi connectivity index (χ1v) is 5.39. The number of carbonyl (C=O) groups is 1. The maximum atomic E-state index is 11.5. The summed E-state index contributed by atoms with van der Waals surface area (Å²) >= 11 is 0. The Kier molecular flexibility index (Phi) is 4.43. The van der Waals surface area contributed by atoms with Gasteiger partial charge in [0.15, 0.2) is 5.78 Å². The van der Waals surface area contributed by atoms with Crippen LogP contribution in [0.5, 0.6) is 0 Å². The summed E-state index contributed by atoms with van der Waals surface area (Å²) in [7, 11) is 0. The van der Waals surface area contributed by atoms with Crippen molar-refractivity contribution in [2.75, 3.05) is 0 Å². The molecular formula is C12H18N2O. The zero-order valence-electron chi connectivity index (χ0n) is 9.36. The first-order chi connectivity index (χ1) is 7.17. The summed E-state index contributed by atoms with van der Waals surface area (Å²) in [4.78, 5) is 15.8. The quantitative estimate of drug-likeness (QED) is 0.794. The minimum Gasteiger partial charge on any atom is -0.322 e. The maximum absolute atomic E-state index is 11.5. The van der Waals surface area contributed by atoms with Crippen molar-refractivity contribution in [3.05, 3.63) is 29.6 Å². The summed E-state index contributed by atoms with van der Waals surface area (Å²) in [6.45, 7) is 3.99. The predicted octanol–water partition coefficient (Wildman–Crippen LogP) is 1.49. The van der Waals surface area contributed by atoms with Gasteiger partial charge in [-0.15, -0.1) is 0 Å². The molecular weight excluding hydrogens is 188 g/mol. The molecule has 1 aromatic heterocycles. The van der Waals surface area contributed by atoms with E-state index in [2.05, 4.69) is 11.9 Å². The Morgan fingerprint density at radius 2 is 2.20 bits per heavy atom. The van der Waals surface area contributed by atoms with Crippen LogP contribution in [-0.2, 0) is 17.6 Å². The van der Waals surface area contributed by atoms with Gasteiger partial charge < -0.3 is 5.73 Å². The van der Waals surface area contributed by atoms with Crippen molar-refractivity contribution < 1.29 is 4.79 Å². The maximum Gasteiger partial charge on any atom is 0.155 e. The Labute approximate surface area is 90.7 Å². The van der Waals surface area contributed by atoms with Gasteiger partial charge in [-0.3, -0.25) is 9.78 Å². The Bertz CT molecular complexity index is 319. The summed E-state index contributed by atoms with van der Waals surface area (Å²) in [6, 6.07) is 3.56. The number of nitrogens with zero attached hydrogens (tertiary/aromatic N) is 1. The van der Waals surface area contributed by atoms with Crippen LogP contribution in [0.4, 0.5) is 0 Å². The van der Waals surface area contributed by atoms with Gasteiger partial charge in [0.05, 0.1) is 12.5 Å². The molecule has 0 aliphatic carbocycles. The van der Waals surface area contributed by atoms with Crippen LogP contribution in [0.3, 0.4) is 0 Å². The van der Waals surface area contributed by atoms with Gasteiger partial charge in [0.25, 0.3) is 0 Å². The third kappa shape index (κ3) is 3.44. The van der Waals surface area contributed by atoms with Crippen molar-refractivity contribution in [1.82, 2.24) is 4.98 Å². The molecule has 0 amide bonds. The smallest absolute Gasteiger partial charge is 0.155 e. The van der Waals surface area contributed by atoms with Gasteiger partial charge in [-0.2, -0.15) is 0 Å². The normalized spacial score (nSPS) is 12.5. The molecule has 0 radical (unpaired) electrons. The molecule has 0 saturated heterocycles. The number of hydrogen-bond donors (Lipinski definition) is 1. The SMILES string of the molecule is CCc1ccc(CC(=O)C(N)CC)nc1. The number of rotatable bonds is 5. The van der Waals surface area contributed by atoms with Crippen LogP contribution in [0.25, 0.3) is 0 Å². The fourth-order valence-corrected chi connectivity index (χ4v) is 1.31. The average molecular weight is 206 g/mol. The molecule has 0 fully saturated rings. The minimum absolute atomic E-state index is 0.0641. The monoisotopic (exact) mass is 206 g/mol. The summed E-state index contributed by atoms with van der Waals surface area (Å²) in [5.41, 5.74) is 7.64. The number of Topliss-reactive ketones (excluding diaryl/α,β-unsaturated/α-hetero) is 1. The van der Waals surface area contributed by atoms with Crippen molar-refractivity contribution in [2.45, 2.75) is 39.2 Å². The number of aromatic nitrogens is 1. The highest BCUT2D eigenvalue weighted by Crippen LogP contribution is 2.03. The number of aryl methyl sites for hydroxylation is 1. The van der Waals surface area contributed by atoms with Crippen LogP contribution in [-0.4, -0.2) is 16.8 Å². The number of carbonyl (C=O) groups excluding carboxylic acids is 1. The highest BCUT2D eigenvalue weighted by molar-refractivity contribution is 5.85. The molecule has 0 aliphatic heterocycles. The van der Waals surface area contributed by atoms with Crippen molar-refractivity contribution >= 4 is 5.78 Å². The van der Waals surface area contributed by atoms with Gasteiger partial charge in [-0.05, 0) is 24.5 Å². The Morgan fingerprint density at radius 3 is 2.67 bits per heavy atom. The molecule has 1 atom stereocenters. The fourth-order valence-electron chi connectivity index (χ4n) is 1.31. The van der Waals surface area contributed by atoms with Gasteiger partial charge in [0.1, 0.15) is 0 Å². The second kappa shape index (κ2) is 5.61. The standard InChI is InChI=1S/C12H18N2O/c1-3-9-5-6-10(14-8-9)7-12(15)11(13)4-2/h5-6,8,11H,3-4,7,13H2,1-2H3. The van der Waals surface area contributed by atoms with E-state index >= 15 is 0 Å². The van der Waals surface area contributed by atoms with E-state index in [-0.39, 0.29) is 11.8 Å². The fraction of sp³-hybridized carbons (Fsp3) is 0.500. The first-order valence-electron chi connectivity index (χ1n) is 5.39. The minimum atomic E-state index is -0.349. The molecule has 3 heteroatoms. The average Bonchev–Trinajstić information content (AvgIpc) is 2.29. The largest absolute Gasteiger partial charge is 0.322 e. The Hall–Kier alpha value is -1.22. The van der Waals surface area contributed by atoms with Crippen molar-refractivity contribution in [1.29, 1.82) is 0 Å². The summed E-state index contributed by atoms with van der Waals surface area (Å²) < 4.78 is 0. The lowest BCUT2D eigenvalue weighted by Gasteiger charge is -2.07. The molecule has 1 unspecified atom stereocenters. The van der Waals surface area contributed by atoms with Crippen LogP contribution in [0, 0.1) is 0 Å². The van der Waals surface area contributed by atoms with Crippen molar-refractivity contribution in [3.63, 3.8) is 0 Å². The van der Waals surface area contributed by atoms with E-state index in [0.717, 1.165) is 12.1 Å². The Morgan fingerprint density at radius 1 is 1.47 bits per heavy atom. The molecule has 2 N–H and O–H groups in total. The second-order valence-corrected chi connectivity index (χ2v) is 3.67. The molecule has 0 bridgehead atoms. The van der Waals surface area contributed by atoms with Crippen LogP contribution in [0.2, 0.25) is 0 Å². The molecule has 3 nitrogen and oxygen atoms in total. The van der Waals surface area contributed by atoms with Crippen molar-refractivity contribution in [3.8, 4) is 0 Å². The number of pyridine rings is 1. The molecule has 15 heavy (non-hydrogen) atoms. The summed E-state index contributed by atoms with van der Waals surface area (Å²) in [5.74, 6) is 0.0641. The topological polar surface area (TPSA) is 56.0 Å². The molecule has 1 aromatic rings. The van der Waals surface area contributed by atoms with E-state index in [1.807, 2.05) is 25.3 Å². The highest BCUT2D eigenvalue weighted by atomic mass is 16.1. The lowest BCUT2D eigenvalue weighted by molar-refractivity contribution is -0.119. The van der Waals surface area contributed by atoms with Crippen LogP contribution < -0.4 is 5.73 Å². The van der Waals surface area contributed by atoms with Crippen LogP contribution >= 0.6 is 0 Å². The zero-order chi connectivity index (χ0) is 11.3. The Balaban J connectivity index is 2.61. The van der Waals surface area contributed by atoms with Gasteiger partial charge in [-0.25, -0.2) is 0 Å². The molecule has 82 valence electrons. The van der Waals surface area contributed by atoms with E-state index in [0.29, 0.717) is 12.8 Å². The molecule has 1 heterocycles. The number of ketones is 1. The molecule has 0 spiro atoms. The predicted molar refractivity (Wildman–Crippen MR) is 60.6 cm³/mol.